The van der Waals surface area contributed by atoms with Crippen molar-refractivity contribution in [1.82, 2.24) is 4.98 Å². The van der Waals surface area contributed by atoms with Crippen LogP contribution in [0.3, 0.4) is 0 Å². The van der Waals surface area contributed by atoms with Crippen LogP contribution >= 0.6 is 34.5 Å². The van der Waals surface area contributed by atoms with Crippen molar-refractivity contribution in [3.8, 4) is 0 Å². The number of halogens is 2. The van der Waals surface area contributed by atoms with Gasteiger partial charge < -0.3 is 5.11 Å². The van der Waals surface area contributed by atoms with E-state index in [2.05, 4.69) is 4.98 Å². The van der Waals surface area contributed by atoms with Crippen molar-refractivity contribution in [2.75, 3.05) is 0 Å². The minimum Gasteiger partial charge on any atom is -0.478 e. The minimum absolute atomic E-state index is 0.105. The molecule has 112 valence electrons. The number of sulfone groups is 1. The van der Waals surface area contributed by atoms with Crippen LogP contribution in [0.15, 0.2) is 23.2 Å². The second-order valence-electron chi connectivity index (χ2n) is 4.17. The number of carboxylic acids is 1. The number of hydrogen-bond donors (Lipinski definition) is 1. The first-order valence-electron chi connectivity index (χ1n) is 5.57. The van der Waals surface area contributed by atoms with E-state index >= 15 is 0 Å². The molecular weight excluding hydrogens is 357 g/mol. The summed E-state index contributed by atoms with van der Waals surface area (Å²) in [4.78, 5) is 15.3. The van der Waals surface area contributed by atoms with Crippen LogP contribution in [-0.2, 0) is 15.6 Å². The van der Waals surface area contributed by atoms with Crippen molar-refractivity contribution < 1.29 is 18.3 Å². The van der Waals surface area contributed by atoms with E-state index in [1.165, 1.54) is 17.5 Å². The number of aromatic carboxylic acids is 1. The molecule has 2 rings (SSSR count). The van der Waals surface area contributed by atoms with Crippen LogP contribution < -0.4 is 0 Å². The van der Waals surface area contributed by atoms with Gasteiger partial charge >= 0.3 is 5.97 Å². The molecule has 1 aromatic heterocycles. The fourth-order valence-corrected chi connectivity index (χ4v) is 5.03. The monoisotopic (exact) mass is 365 g/mol. The molecule has 0 aliphatic carbocycles. The number of rotatable bonds is 4. The molecule has 21 heavy (non-hydrogen) atoms. The zero-order valence-electron chi connectivity index (χ0n) is 10.6. The molecule has 1 aromatic carbocycles. The summed E-state index contributed by atoms with van der Waals surface area (Å²) >= 11 is 12.9. The number of aromatic nitrogens is 1. The van der Waals surface area contributed by atoms with Crippen molar-refractivity contribution in [3.05, 3.63) is 43.8 Å². The van der Waals surface area contributed by atoms with Crippen molar-refractivity contribution in [1.29, 1.82) is 0 Å². The van der Waals surface area contributed by atoms with Crippen molar-refractivity contribution in [2.24, 2.45) is 0 Å². The fraction of sp³-hybridized carbons (Fsp3) is 0.167. The van der Waals surface area contributed by atoms with Crippen LogP contribution in [0.1, 0.15) is 20.2 Å². The molecule has 5 nitrogen and oxygen atoms in total. The van der Waals surface area contributed by atoms with Gasteiger partial charge in [-0.25, -0.2) is 18.2 Å². The van der Waals surface area contributed by atoms with Crippen LogP contribution in [0.2, 0.25) is 10.0 Å². The largest absolute Gasteiger partial charge is 0.478 e. The van der Waals surface area contributed by atoms with Crippen LogP contribution in [0.4, 0.5) is 0 Å². The Morgan fingerprint density at radius 1 is 1.33 bits per heavy atom. The third-order valence-corrected chi connectivity index (χ3v) is 6.12. The molecule has 0 aliphatic heterocycles. The molecule has 0 aliphatic rings. The lowest BCUT2D eigenvalue weighted by Gasteiger charge is -2.08. The standard InChI is InChI=1S/C12H9Cl2NO4S2/c1-6-15-4-7(20-6)5-21(18,19)11-2-8(12(16)17)9(13)3-10(11)14/h2-4H,5H2,1H3,(H,16,17). The summed E-state index contributed by atoms with van der Waals surface area (Å²) in [6.45, 7) is 1.76. The molecule has 9 heteroatoms. The first-order chi connectivity index (χ1) is 9.70. The molecule has 0 bridgehead atoms. The van der Waals surface area contributed by atoms with Crippen LogP contribution in [0.5, 0.6) is 0 Å². The number of carboxylic acid groups (broad SMARTS) is 1. The van der Waals surface area contributed by atoms with Crippen molar-refractivity contribution in [2.45, 2.75) is 17.6 Å². The van der Waals surface area contributed by atoms with Crippen molar-refractivity contribution >= 4 is 50.3 Å². The first-order valence-corrected chi connectivity index (χ1v) is 8.79. The molecule has 0 spiro atoms. The Labute approximate surface area is 135 Å². The van der Waals surface area contributed by atoms with Gasteiger partial charge in [0.25, 0.3) is 0 Å². The van der Waals surface area contributed by atoms with Gasteiger partial charge in [0.05, 0.1) is 31.3 Å². The quantitative estimate of drug-likeness (QED) is 0.896. The predicted molar refractivity (Wildman–Crippen MR) is 81.2 cm³/mol. The molecule has 0 radical (unpaired) electrons. The summed E-state index contributed by atoms with van der Waals surface area (Å²) in [6.07, 6.45) is 1.47. The predicted octanol–water partition coefficient (Wildman–Crippen LogP) is 3.43. The second kappa shape index (κ2) is 5.92. The van der Waals surface area contributed by atoms with E-state index in [9.17, 15) is 13.2 Å². The fourth-order valence-electron chi connectivity index (χ4n) is 1.67. The van der Waals surface area contributed by atoms with E-state index in [1.54, 1.807) is 6.92 Å². The molecule has 0 atom stereocenters. The maximum atomic E-state index is 12.4. The number of carbonyl (C=O) groups is 1. The molecule has 0 saturated heterocycles. The molecule has 1 heterocycles. The summed E-state index contributed by atoms with van der Waals surface area (Å²) in [6, 6.07) is 2.10. The normalized spacial score (nSPS) is 11.6. The Balaban J connectivity index is 2.49. The van der Waals surface area contributed by atoms with E-state index in [1.807, 2.05) is 0 Å². The third kappa shape index (κ3) is 3.55. The second-order valence-corrected chi connectivity index (χ2v) is 8.26. The lowest BCUT2D eigenvalue weighted by molar-refractivity contribution is 0.0697. The Hall–Kier alpha value is -1.15. The molecule has 0 saturated carbocycles. The van der Waals surface area contributed by atoms with Crippen LogP contribution in [0.25, 0.3) is 0 Å². The summed E-state index contributed by atoms with van der Waals surface area (Å²) in [5.41, 5.74) is -0.305. The van der Waals surface area contributed by atoms with Gasteiger partial charge in [-0.1, -0.05) is 23.2 Å². The van der Waals surface area contributed by atoms with Gasteiger partial charge in [0, 0.05) is 11.1 Å². The Morgan fingerprint density at radius 2 is 2.00 bits per heavy atom. The average molecular weight is 366 g/mol. The molecule has 1 N–H and O–H groups in total. The van der Waals surface area contributed by atoms with Gasteiger partial charge in [-0.2, -0.15) is 0 Å². The zero-order chi connectivity index (χ0) is 15.8. The number of benzene rings is 1. The van der Waals surface area contributed by atoms with Gasteiger partial charge in [0.2, 0.25) is 0 Å². The Kier molecular flexibility index (Phi) is 4.57. The van der Waals surface area contributed by atoms with Gasteiger partial charge in [-0.15, -0.1) is 11.3 Å². The number of hydrogen-bond acceptors (Lipinski definition) is 5. The first kappa shape index (κ1) is 16.2. The minimum atomic E-state index is -3.79. The zero-order valence-corrected chi connectivity index (χ0v) is 13.8. The van der Waals surface area contributed by atoms with Gasteiger partial charge in [-0.05, 0) is 19.1 Å². The van der Waals surface area contributed by atoms with Crippen molar-refractivity contribution in [3.63, 3.8) is 0 Å². The number of thiazole rings is 1. The Morgan fingerprint density at radius 3 is 2.52 bits per heavy atom. The molecule has 0 unspecified atom stereocenters. The van der Waals surface area contributed by atoms with Gasteiger partial charge in [-0.3, -0.25) is 0 Å². The van der Waals surface area contributed by atoms with Gasteiger partial charge in [0.15, 0.2) is 9.84 Å². The lowest BCUT2D eigenvalue weighted by atomic mass is 10.2. The number of nitrogens with zero attached hydrogens (tertiary/aromatic N) is 1. The highest BCUT2D eigenvalue weighted by molar-refractivity contribution is 7.91. The third-order valence-electron chi connectivity index (χ3n) is 2.59. The average Bonchev–Trinajstić information content (AvgIpc) is 2.72. The number of aryl methyl sites for hydroxylation is 1. The lowest BCUT2D eigenvalue weighted by Crippen LogP contribution is -2.07. The van der Waals surface area contributed by atoms with E-state index in [4.69, 9.17) is 28.3 Å². The van der Waals surface area contributed by atoms with Crippen LogP contribution in [-0.4, -0.2) is 24.5 Å². The van der Waals surface area contributed by atoms with E-state index in [0.29, 0.717) is 4.88 Å². The molecule has 0 amide bonds. The van der Waals surface area contributed by atoms with E-state index in [0.717, 1.165) is 17.1 Å². The summed E-state index contributed by atoms with van der Waals surface area (Å²) in [7, 11) is -3.79. The van der Waals surface area contributed by atoms with E-state index < -0.39 is 15.8 Å². The summed E-state index contributed by atoms with van der Waals surface area (Å²) < 4.78 is 24.8. The highest BCUT2D eigenvalue weighted by Gasteiger charge is 2.23. The summed E-state index contributed by atoms with van der Waals surface area (Å²) in [5, 5.41) is 9.54. The Bertz CT molecular complexity index is 815. The highest BCUT2D eigenvalue weighted by Crippen LogP contribution is 2.31. The maximum Gasteiger partial charge on any atom is 0.337 e. The maximum absolute atomic E-state index is 12.4. The van der Waals surface area contributed by atoms with Gasteiger partial charge in [0.1, 0.15) is 0 Å². The van der Waals surface area contributed by atoms with Crippen LogP contribution in [0, 0.1) is 6.92 Å². The highest BCUT2D eigenvalue weighted by atomic mass is 35.5. The van der Waals surface area contributed by atoms with E-state index in [-0.39, 0.29) is 26.3 Å². The smallest absolute Gasteiger partial charge is 0.337 e. The SMILES string of the molecule is Cc1ncc(CS(=O)(=O)c2cc(C(=O)O)c(Cl)cc2Cl)s1. The molecule has 2 aromatic rings. The molecule has 0 fully saturated rings. The summed E-state index contributed by atoms with van der Waals surface area (Å²) in [5.74, 6) is -1.61. The molecular formula is C12H9Cl2NO4S2. The topological polar surface area (TPSA) is 84.3 Å².